The fourth-order valence-electron chi connectivity index (χ4n) is 2.27. The number of anilines is 2. The monoisotopic (exact) mass is 341 g/mol. The van der Waals surface area contributed by atoms with E-state index < -0.39 is 0 Å². The van der Waals surface area contributed by atoms with Crippen molar-refractivity contribution >= 4 is 23.4 Å². The van der Waals surface area contributed by atoms with E-state index >= 15 is 0 Å². The summed E-state index contributed by atoms with van der Waals surface area (Å²) in [6.45, 7) is 5.73. The predicted molar refractivity (Wildman–Crippen MR) is 97.7 cm³/mol. The van der Waals surface area contributed by atoms with Crippen LogP contribution in [0.5, 0.6) is 0 Å². The van der Waals surface area contributed by atoms with Gasteiger partial charge in [0.15, 0.2) is 0 Å². The van der Waals surface area contributed by atoms with Gasteiger partial charge in [0.25, 0.3) is 0 Å². The van der Waals surface area contributed by atoms with E-state index in [0.717, 1.165) is 17.7 Å². The number of benzene rings is 1. The zero-order chi connectivity index (χ0) is 18.2. The number of hydrogen-bond donors (Lipinski definition) is 2. The maximum atomic E-state index is 12.1. The SMILES string of the molecule is CC(=O)Nc1ccc(CCNc2ncccc2C(=O)OC(C)C)cc1. The summed E-state index contributed by atoms with van der Waals surface area (Å²) in [5, 5.41) is 5.91. The van der Waals surface area contributed by atoms with E-state index in [0.29, 0.717) is 17.9 Å². The van der Waals surface area contributed by atoms with Crippen LogP contribution in [0.4, 0.5) is 11.5 Å². The fourth-order valence-corrected chi connectivity index (χ4v) is 2.27. The Morgan fingerprint density at radius 2 is 1.88 bits per heavy atom. The lowest BCUT2D eigenvalue weighted by Gasteiger charge is -2.12. The molecular weight excluding hydrogens is 318 g/mol. The smallest absolute Gasteiger partial charge is 0.342 e. The fraction of sp³-hybridized carbons (Fsp3) is 0.316. The predicted octanol–water partition coefficient (Wildman–Crippen LogP) is 3.26. The van der Waals surface area contributed by atoms with Crippen LogP contribution in [0.3, 0.4) is 0 Å². The van der Waals surface area contributed by atoms with Gasteiger partial charge in [-0.2, -0.15) is 0 Å². The molecule has 0 unspecified atom stereocenters. The van der Waals surface area contributed by atoms with Crippen LogP contribution in [-0.4, -0.2) is 29.5 Å². The molecule has 0 bridgehead atoms. The molecule has 1 aromatic heterocycles. The minimum absolute atomic E-state index is 0.0922. The molecule has 2 rings (SSSR count). The third kappa shape index (κ3) is 5.91. The maximum absolute atomic E-state index is 12.1. The summed E-state index contributed by atoms with van der Waals surface area (Å²) in [6.07, 6.45) is 2.22. The number of aromatic nitrogens is 1. The molecule has 1 amide bonds. The van der Waals surface area contributed by atoms with E-state index in [1.807, 2.05) is 38.1 Å². The number of carbonyl (C=O) groups is 2. The summed E-state index contributed by atoms with van der Waals surface area (Å²) < 4.78 is 5.23. The van der Waals surface area contributed by atoms with Gasteiger partial charge in [-0.1, -0.05) is 12.1 Å². The van der Waals surface area contributed by atoms with Gasteiger partial charge < -0.3 is 15.4 Å². The average Bonchev–Trinajstić information content (AvgIpc) is 2.56. The molecule has 0 spiro atoms. The van der Waals surface area contributed by atoms with E-state index in [-0.39, 0.29) is 18.0 Å². The lowest BCUT2D eigenvalue weighted by molar-refractivity contribution is -0.114. The maximum Gasteiger partial charge on any atom is 0.342 e. The Balaban J connectivity index is 1.93. The number of rotatable bonds is 7. The Morgan fingerprint density at radius 1 is 1.16 bits per heavy atom. The van der Waals surface area contributed by atoms with Gasteiger partial charge >= 0.3 is 5.97 Å². The van der Waals surface area contributed by atoms with Crippen molar-refractivity contribution in [3.05, 3.63) is 53.7 Å². The number of hydrogen-bond acceptors (Lipinski definition) is 5. The lowest BCUT2D eigenvalue weighted by Crippen LogP contribution is -2.16. The van der Waals surface area contributed by atoms with Crippen molar-refractivity contribution in [1.82, 2.24) is 4.98 Å². The first kappa shape index (κ1) is 18.4. The number of pyridine rings is 1. The highest BCUT2D eigenvalue weighted by molar-refractivity contribution is 5.94. The first-order valence-corrected chi connectivity index (χ1v) is 8.22. The Bertz CT molecular complexity index is 727. The number of esters is 1. The van der Waals surface area contributed by atoms with Gasteiger partial charge in [-0.3, -0.25) is 4.79 Å². The molecule has 0 saturated heterocycles. The minimum atomic E-state index is -0.384. The van der Waals surface area contributed by atoms with Crippen molar-refractivity contribution in [2.24, 2.45) is 0 Å². The molecule has 0 aliphatic rings. The van der Waals surface area contributed by atoms with E-state index in [9.17, 15) is 9.59 Å². The second-order valence-electron chi connectivity index (χ2n) is 5.91. The van der Waals surface area contributed by atoms with Gasteiger partial charge in [-0.15, -0.1) is 0 Å². The van der Waals surface area contributed by atoms with E-state index in [1.165, 1.54) is 6.92 Å². The third-order valence-corrected chi connectivity index (χ3v) is 3.35. The molecule has 2 aromatic rings. The molecule has 0 saturated carbocycles. The second-order valence-corrected chi connectivity index (χ2v) is 5.91. The molecule has 6 heteroatoms. The average molecular weight is 341 g/mol. The summed E-state index contributed by atoms with van der Waals surface area (Å²) in [4.78, 5) is 27.3. The van der Waals surface area contributed by atoms with Gasteiger partial charge in [-0.25, -0.2) is 9.78 Å². The zero-order valence-corrected chi connectivity index (χ0v) is 14.7. The van der Waals surface area contributed by atoms with Gasteiger partial charge in [-0.05, 0) is 50.1 Å². The third-order valence-electron chi connectivity index (χ3n) is 3.35. The highest BCUT2D eigenvalue weighted by atomic mass is 16.5. The van der Waals surface area contributed by atoms with E-state index in [2.05, 4.69) is 15.6 Å². The van der Waals surface area contributed by atoms with Crippen LogP contribution in [-0.2, 0) is 16.0 Å². The van der Waals surface area contributed by atoms with Crippen molar-refractivity contribution in [2.75, 3.05) is 17.2 Å². The molecule has 0 aliphatic heterocycles. The molecule has 1 heterocycles. The van der Waals surface area contributed by atoms with Crippen molar-refractivity contribution in [3.8, 4) is 0 Å². The van der Waals surface area contributed by atoms with Crippen LogP contribution in [0.15, 0.2) is 42.6 Å². The summed E-state index contributed by atoms with van der Waals surface area (Å²) in [7, 11) is 0. The zero-order valence-electron chi connectivity index (χ0n) is 14.7. The number of carbonyl (C=O) groups excluding carboxylic acids is 2. The molecule has 25 heavy (non-hydrogen) atoms. The van der Waals surface area contributed by atoms with Crippen LogP contribution >= 0.6 is 0 Å². The molecule has 0 radical (unpaired) electrons. The molecule has 0 fully saturated rings. The second kappa shape index (κ2) is 8.82. The largest absolute Gasteiger partial charge is 0.459 e. The first-order chi connectivity index (χ1) is 12.0. The van der Waals surface area contributed by atoms with Crippen LogP contribution in [0.2, 0.25) is 0 Å². The normalized spacial score (nSPS) is 10.4. The summed E-state index contributed by atoms with van der Waals surface area (Å²) in [5.41, 5.74) is 2.31. The van der Waals surface area contributed by atoms with E-state index in [4.69, 9.17) is 4.74 Å². The summed E-state index contributed by atoms with van der Waals surface area (Å²) in [5.74, 6) is 0.0404. The highest BCUT2D eigenvalue weighted by Gasteiger charge is 2.14. The molecule has 0 aliphatic carbocycles. The summed E-state index contributed by atoms with van der Waals surface area (Å²) in [6, 6.07) is 11.1. The quantitative estimate of drug-likeness (QED) is 0.756. The van der Waals surface area contributed by atoms with Crippen molar-refractivity contribution in [3.63, 3.8) is 0 Å². The van der Waals surface area contributed by atoms with Gasteiger partial charge in [0.2, 0.25) is 5.91 Å². The molecule has 1 aromatic carbocycles. The van der Waals surface area contributed by atoms with Gasteiger partial charge in [0.05, 0.1) is 6.10 Å². The van der Waals surface area contributed by atoms with E-state index in [1.54, 1.807) is 18.3 Å². The molecule has 132 valence electrons. The topological polar surface area (TPSA) is 80.3 Å². The van der Waals surface area contributed by atoms with Crippen molar-refractivity contribution in [2.45, 2.75) is 33.3 Å². The molecule has 0 atom stereocenters. The molecular formula is C19H23N3O3. The van der Waals surface area contributed by atoms with Gasteiger partial charge in [0, 0.05) is 25.4 Å². The van der Waals surface area contributed by atoms with Crippen LogP contribution in [0.25, 0.3) is 0 Å². The lowest BCUT2D eigenvalue weighted by atomic mass is 10.1. The highest BCUT2D eigenvalue weighted by Crippen LogP contribution is 2.15. The standard InChI is InChI=1S/C19H23N3O3/c1-13(2)25-19(24)17-5-4-11-20-18(17)21-12-10-15-6-8-16(9-7-15)22-14(3)23/h4-9,11,13H,10,12H2,1-3H3,(H,20,21)(H,22,23). The number of ether oxygens (including phenoxy) is 1. The minimum Gasteiger partial charge on any atom is -0.459 e. The number of amides is 1. The van der Waals surface area contributed by atoms with Crippen LogP contribution in [0, 0.1) is 0 Å². The summed E-state index contributed by atoms with van der Waals surface area (Å²) >= 11 is 0. The Morgan fingerprint density at radius 3 is 2.52 bits per heavy atom. The van der Waals surface area contributed by atoms with Crippen molar-refractivity contribution in [1.29, 1.82) is 0 Å². The van der Waals surface area contributed by atoms with Crippen LogP contribution < -0.4 is 10.6 Å². The number of nitrogens with zero attached hydrogens (tertiary/aromatic N) is 1. The Hall–Kier alpha value is -2.89. The molecule has 6 nitrogen and oxygen atoms in total. The van der Waals surface area contributed by atoms with Crippen molar-refractivity contribution < 1.29 is 14.3 Å². The number of nitrogens with one attached hydrogen (secondary N) is 2. The van der Waals surface area contributed by atoms with Gasteiger partial charge in [0.1, 0.15) is 11.4 Å². The Kier molecular flexibility index (Phi) is 6.51. The first-order valence-electron chi connectivity index (χ1n) is 8.22. The Labute approximate surface area is 147 Å². The molecule has 2 N–H and O–H groups in total. The van der Waals surface area contributed by atoms with Crippen LogP contribution in [0.1, 0.15) is 36.7 Å².